The maximum atomic E-state index is 10.5. The molecule has 0 radical (unpaired) electrons. The summed E-state index contributed by atoms with van der Waals surface area (Å²) in [6, 6.07) is 0. The average molecular weight is 99.1 g/mol. The minimum absolute atomic E-state index is 0.264. The molecule has 0 spiro atoms. The van der Waals surface area contributed by atoms with Gasteiger partial charge in [0.1, 0.15) is 0 Å². The number of carbonyl (C=O) groups excluding carboxylic acids is 1. The third kappa shape index (κ3) is 0.800. The molecule has 1 aliphatic heterocycles. The molecule has 1 fully saturated rings. The molecule has 0 aromatic carbocycles. The van der Waals surface area contributed by atoms with Crippen LogP contribution >= 0.6 is 0 Å². The zero-order chi connectivity index (χ0) is 5.28. The van der Waals surface area contributed by atoms with Crippen molar-refractivity contribution in [1.29, 1.82) is 0 Å². The van der Waals surface area contributed by atoms with E-state index in [1.54, 1.807) is 0 Å². The van der Waals surface area contributed by atoms with Gasteiger partial charge in [-0.05, 0) is 0 Å². The van der Waals surface area contributed by atoms with Crippen LogP contribution < -0.4 is 5.32 Å². The largest absolute Gasteiger partial charge is 0.309 e. The highest BCUT2D eigenvalue weighted by Crippen LogP contribution is 1.98. The highest BCUT2D eigenvalue weighted by molar-refractivity contribution is 5.84. The smallest absolute Gasteiger partial charge is 0.150 e. The monoisotopic (exact) mass is 99.1 g/mol. The fraction of sp³-hybridized carbons (Fsp3) is 0.800. The molecule has 0 amide bonds. The number of ketones is 1. The molecule has 0 aromatic rings. The Morgan fingerprint density at radius 1 is 1.86 bits per heavy atom. The topological polar surface area (TPSA) is 29.1 Å². The van der Waals surface area contributed by atoms with Gasteiger partial charge in [-0.3, -0.25) is 4.79 Å². The Balaban J connectivity index is 2.48. The molecule has 2 heteroatoms. The summed E-state index contributed by atoms with van der Waals surface area (Å²) < 4.78 is 0. The second kappa shape index (κ2) is 1.62. The molecule has 7 heavy (non-hydrogen) atoms. The van der Waals surface area contributed by atoms with E-state index >= 15 is 0 Å². The summed E-state index contributed by atoms with van der Waals surface area (Å²) in [6.07, 6.45) is 0. The lowest BCUT2D eigenvalue weighted by Gasteiger charge is -1.89. The molecule has 1 aliphatic rings. The fourth-order valence-electron chi connectivity index (χ4n) is 0.700. The van der Waals surface area contributed by atoms with Crippen LogP contribution in [-0.2, 0) is 4.79 Å². The van der Waals surface area contributed by atoms with Gasteiger partial charge < -0.3 is 5.32 Å². The second-order valence-corrected chi connectivity index (χ2v) is 2.00. The van der Waals surface area contributed by atoms with Crippen molar-refractivity contribution in [2.75, 3.05) is 13.1 Å². The minimum atomic E-state index is 0.264. The summed E-state index contributed by atoms with van der Waals surface area (Å²) in [5.41, 5.74) is 0. The van der Waals surface area contributed by atoms with Gasteiger partial charge in [-0.1, -0.05) is 6.92 Å². The van der Waals surface area contributed by atoms with Gasteiger partial charge in [-0.15, -0.1) is 0 Å². The van der Waals surface area contributed by atoms with Gasteiger partial charge in [0, 0.05) is 12.5 Å². The SMILES string of the molecule is CC1CNCC1=O. The van der Waals surface area contributed by atoms with Crippen LogP contribution in [0, 0.1) is 5.92 Å². The van der Waals surface area contributed by atoms with Gasteiger partial charge in [0.25, 0.3) is 0 Å². The van der Waals surface area contributed by atoms with E-state index in [0.29, 0.717) is 12.3 Å². The van der Waals surface area contributed by atoms with Gasteiger partial charge in [-0.2, -0.15) is 0 Å². The van der Waals surface area contributed by atoms with Crippen LogP contribution in [0.25, 0.3) is 0 Å². The molecule has 1 unspecified atom stereocenters. The van der Waals surface area contributed by atoms with E-state index in [0.717, 1.165) is 6.54 Å². The zero-order valence-electron chi connectivity index (χ0n) is 4.40. The van der Waals surface area contributed by atoms with Crippen LogP contribution in [0.5, 0.6) is 0 Å². The molecule has 1 rings (SSSR count). The van der Waals surface area contributed by atoms with Crippen LogP contribution in [0.4, 0.5) is 0 Å². The van der Waals surface area contributed by atoms with Gasteiger partial charge in [0.15, 0.2) is 5.78 Å². The van der Waals surface area contributed by atoms with Gasteiger partial charge >= 0.3 is 0 Å². The highest BCUT2D eigenvalue weighted by Gasteiger charge is 2.17. The van der Waals surface area contributed by atoms with Crippen molar-refractivity contribution in [2.24, 2.45) is 5.92 Å². The number of Topliss-reactive ketones (excluding diaryl/α,β-unsaturated/α-hetero) is 1. The van der Waals surface area contributed by atoms with Crippen LogP contribution in [0.3, 0.4) is 0 Å². The summed E-state index contributed by atoms with van der Waals surface area (Å²) in [7, 11) is 0. The summed E-state index contributed by atoms with van der Waals surface area (Å²) in [6.45, 7) is 3.41. The van der Waals surface area contributed by atoms with Crippen LogP contribution in [0.15, 0.2) is 0 Å². The molecular weight excluding hydrogens is 90.1 g/mol. The predicted octanol–water partition coefficient (Wildman–Crippen LogP) is -0.205. The molecule has 1 atom stereocenters. The van der Waals surface area contributed by atoms with E-state index in [9.17, 15) is 4.79 Å². The molecular formula is C5H9NO. The number of carbonyl (C=O) groups is 1. The molecule has 0 aromatic heterocycles. The third-order valence-electron chi connectivity index (χ3n) is 1.30. The zero-order valence-corrected chi connectivity index (χ0v) is 4.40. The number of hydrogen-bond acceptors (Lipinski definition) is 2. The third-order valence-corrected chi connectivity index (χ3v) is 1.30. The average Bonchev–Trinajstić information content (AvgIpc) is 1.91. The first kappa shape index (κ1) is 4.78. The summed E-state index contributed by atoms with van der Waals surface area (Å²) in [4.78, 5) is 10.5. The van der Waals surface area contributed by atoms with Crippen LogP contribution in [0.1, 0.15) is 6.92 Å². The van der Waals surface area contributed by atoms with Gasteiger partial charge in [0.2, 0.25) is 0 Å². The number of rotatable bonds is 0. The first-order chi connectivity index (χ1) is 3.30. The maximum absolute atomic E-state index is 10.5. The standard InChI is InChI=1S/C5H9NO/c1-4-2-6-3-5(4)7/h4,6H,2-3H2,1H3. The van der Waals surface area contributed by atoms with E-state index in [1.165, 1.54) is 0 Å². The van der Waals surface area contributed by atoms with E-state index in [1.807, 2.05) is 6.92 Å². The first-order valence-corrected chi connectivity index (χ1v) is 2.54. The lowest BCUT2D eigenvalue weighted by atomic mass is 10.1. The van der Waals surface area contributed by atoms with E-state index in [4.69, 9.17) is 0 Å². The van der Waals surface area contributed by atoms with Crippen molar-refractivity contribution >= 4 is 5.78 Å². The Bertz CT molecular complexity index is 90.1. The summed E-state index contributed by atoms with van der Waals surface area (Å²) in [5.74, 6) is 0.611. The maximum Gasteiger partial charge on any atom is 0.150 e. The van der Waals surface area contributed by atoms with E-state index < -0.39 is 0 Å². The van der Waals surface area contributed by atoms with Crippen LogP contribution in [-0.4, -0.2) is 18.9 Å². The number of nitrogens with one attached hydrogen (secondary N) is 1. The quantitative estimate of drug-likeness (QED) is 0.455. The van der Waals surface area contributed by atoms with Crippen molar-refractivity contribution in [2.45, 2.75) is 6.92 Å². The van der Waals surface area contributed by atoms with Crippen molar-refractivity contribution in [3.05, 3.63) is 0 Å². The minimum Gasteiger partial charge on any atom is -0.309 e. The Morgan fingerprint density at radius 3 is 2.71 bits per heavy atom. The molecule has 2 nitrogen and oxygen atoms in total. The summed E-state index contributed by atoms with van der Waals surface area (Å²) >= 11 is 0. The fourth-order valence-corrected chi connectivity index (χ4v) is 0.700. The Kier molecular flexibility index (Phi) is 1.11. The molecule has 0 saturated carbocycles. The van der Waals surface area contributed by atoms with Gasteiger partial charge in [0.05, 0.1) is 6.54 Å². The van der Waals surface area contributed by atoms with Crippen LogP contribution in [0.2, 0.25) is 0 Å². The van der Waals surface area contributed by atoms with Gasteiger partial charge in [-0.25, -0.2) is 0 Å². The van der Waals surface area contributed by atoms with E-state index in [2.05, 4.69) is 5.32 Å². The van der Waals surface area contributed by atoms with Crippen molar-refractivity contribution in [1.82, 2.24) is 5.32 Å². The van der Waals surface area contributed by atoms with Crippen molar-refractivity contribution in [3.8, 4) is 0 Å². The van der Waals surface area contributed by atoms with E-state index in [-0.39, 0.29) is 5.92 Å². The summed E-state index contributed by atoms with van der Waals surface area (Å²) in [5, 5.41) is 2.97. The molecule has 0 bridgehead atoms. The Morgan fingerprint density at radius 2 is 2.57 bits per heavy atom. The number of hydrogen-bond donors (Lipinski definition) is 1. The molecule has 0 aliphatic carbocycles. The molecule has 40 valence electrons. The van der Waals surface area contributed by atoms with Crippen molar-refractivity contribution in [3.63, 3.8) is 0 Å². The lowest BCUT2D eigenvalue weighted by Crippen LogP contribution is -2.07. The van der Waals surface area contributed by atoms with Crippen molar-refractivity contribution < 1.29 is 4.79 Å². The highest BCUT2D eigenvalue weighted by atomic mass is 16.1. The molecule has 1 N–H and O–H groups in total. The lowest BCUT2D eigenvalue weighted by molar-refractivity contribution is -0.119. The molecule has 1 heterocycles. The normalized spacial score (nSPS) is 31.6. The second-order valence-electron chi connectivity index (χ2n) is 2.00. The predicted molar refractivity (Wildman–Crippen MR) is 27.0 cm³/mol. The first-order valence-electron chi connectivity index (χ1n) is 2.54. The Labute approximate surface area is 42.9 Å². The molecule has 1 saturated heterocycles. The Hall–Kier alpha value is -0.370.